The summed E-state index contributed by atoms with van der Waals surface area (Å²) >= 11 is 7.14. The number of halogens is 1. The van der Waals surface area contributed by atoms with Crippen LogP contribution in [0.15, 0.2) is 29.6 Å². The third-order valence-corrected chi connectivity index (χ3v) is 4.47. The maximum atomic E-state index is 12.0. The number of carboxylic acid groups (broad SMARTS) is 1. The van der Waals surface area contributed by atoms with Gasteiger partial charge in [0.15, 0.2) is 0 Å². The van der Waals surface area contributed by atoms with Gasteiger partial charge in [0.25, 0.3) is 0 Å². The quantitative estimate of drug-likeness (QED) is 0.874. The fourth-order valence-corrected chi connectivity index (χ4v) is 2.98. The van der Waals surface area contributed by atoms with Gasteiger partial charge < -0.3 is 10.4 Å². The van der Waals surface area contributed by atoms with Crippen LogP contribution in [0, 0.1) is 6.92 Å². The number of carboxylic acids is 1. The first-order valence-electron chi connectivity index (χ1n) is 6.33. The first-order chi connectivity index (χ1) is 9.99. The van der Waals surface area contributed by atoms with Crippen LogP contribution < -0.4 is 5.32 Å². The van der Waals surface area contributed by atoms with E-state index in [0.29, 0.717) is 17.1 Å². The first kappa shape index (κ1) is 15.5. The molecule has 2 rings (SSSR count). The van der Waals surface area contributed by atoms with E-state index in [2.05, 4.69) is 5.32 Å². The van der Waals surface area contributed by atoms with Crippen molar-refractivity contribution < 1.29 is 14.7 Å². The molecule has 0 aliphatic rings. The molecule has 1 amide bonds. The number of aromatic carboxylic acids is 1. The summed E-state index contributed by atoms with van der Waals surface area (Å²) in [7, 11) is 0. The normalized spacial score (nSPS) is 10.4. The van der Waals surface area contributed by atoms with Crippen molar-refractivity contribution in [3.05, 3.63) is 50.7 Å². The van der Waals surface area contributed by atoms with E-state index in [1.54, 1.807) is 18.4 Å². The lowest BCUT2D eigenvalue weighted by Gasteiger charge is -2.07. The summed E-state index contributed by atoms with van der Waals surface area (Å²) in [5.41, 5.74) is 2.04. The Labute approximate surface area is 131 Å². The number of thiophene rings is 1. The Morgan fingerprint density at radius 1 is 1.33 bits per heavy atom. The third-order valence-electron chi connectivity index (χ3n) is 3.01. The van der Waals surface area contributed by atoms with Crippen LogP contribution in [-0.4, -0.2) is 17.0 Å². The van der Waals surface area contributed by atoms with Gasteiger partial charge in [0.1, 0.15) is 4.88 Å². The molecular weight excluding hydrogens is 310 g/mol. The zero-order valence-corrected chi connectivity index (χ0v) is 12.9. The predicted octanol–water partition coefficient (Wildman–Crippen LogP) is 3.98. The van der Waals surface area contributed by atoms with Crippen molar-refractivity contribution in [2.24, 2.45) is 0 Å². The van der Waals surface area contributed by atoms with Crippen molar-refractivity contribution in [1.82, 2.24) is 0 Å². The molecule has 0 bridgehead atoms. The Hall–Kier alpha value is -1.85. The number of hydrogen-bond donors (Lipinski definition) is 2. The molecule has 21 heavy (non-hydrogen) atoms. The molecule has 0 saturated carbocycles. The Morgan fingerprint density at radius 3 is 2.71 bits per heavy atom. The van der Waals surface area contributed by atoms with Crippen molar-refractivity contribution in [3.63, 3.8) is 0 Å². The Balaban J connectivity index is 2.01. The standard InChI is InChI=1S/C15H14ClNO3S/c1-9-8-21-14(15(19)20)13(9)17-12(18)7-6-10-4-2-3-5-11(10)16/h2-5,8H,6-7H2,1H3,(H,17,18)(H,19,20). The fourth-order valence-electron chi connectivity index (χ4n) is 1.91. The third kappa shape index (κ3) is 3.83. The Bertz CT molecular complexity index is 681. The number of nitrogens with one attached hydrogen (secondary N) is 1. The van der Waals surface area contributed by atoms with Crippen LogP contribution in [0.1, 0.15) is 27.2 Å². The summed E-state index contributed by atoms with van der Waals surface area (Å²) in [5.74, 6) is -1.26. The molecule has 1 aromatic heterocycles. The van der Waals surface area contributed by atoms with Gasteiger partial charge in [0.2, 0.25) is 5.91 Å². The van der Waals surface area contributed by atoms with E-state index in [-0.39, 0.29) is 17.2 Å². The second-order valence-electron chi connectivity index (χ2n) is 4.57. The molecule has 2 N–H and O–H groups in total. The summed E-state index contributed by atoms with van der Waals surface area (Å²) in [5, 5.41) is 14.1. The number of carbonyl (C=O) groups is 2. The second kappa shape index (κ2) is 6.74. The van der Waals surface area contributed by atoms with E-state index >= 15 is 0 Å². The molecule has 2 aromatic rings. The summed E-state index contributed by atoms with van der Waals surface area (Å²) < 4.78 is 0. The molecular formula is C15H14ClNO3S. The van der Waals surface area contributed by atoms with E-state index in [1.165, 1.54) is 0 Å². The van der Waals surface area contributed by atoms with Crippen LogP contribution in [0.4, 0.5) is 5.69 Å². The minimum absolute atomic E-state index is 0.151. The van der Waals surface area contributed by atoms with Crippen LogP contribution in [0.5, 0.6) is 0 Å². The van der Waals surface area contributed by atoms with E-state index < -0.39 is 5.97 Å². The van der Waals surface area contributed by atoms with Crippen LogP contribution in [-0.2, 0) is 11.2 Å². The average molecular weight is 324 g/mol. The summed E-state index contributed by atoms with van der Waals surface area (Å²) in [6.07, 6.45) is 0.759. The average Bonchev–Trinajstić information content (AvgIpc) is 2.79. The van der Waals surface area contributed by atoms with Gasteiger partial charge in [-0.3, -0.25) is 4.79 Å². The minimum Gasteiger partial charge on any atom is -0.477 e. The number of hydrogen-bond acceptors (Lipinski definition) is 3. The number of amides is 1. The van der Waals surface area contributed by atoms with Crippen molar-refractivity contribution in [3.8, 4) is 0 Å². The van der Waals surface area contributed by atoms with Gasteiger partial charge in [0.05, 0.1) is 5.69 Å². The van der Waals surface area contributed by atoms with E-state index in [1.807, 2.05) is 18.2 Å². The minimum atomic E-state index is -1.03. The smallest absolute Gasteiger partial charge is 0.348 e. The largest absolute Gasteiger partial charge is 0.477 e. The van der Waals surface area contributed by atoms with Crippen molar-refractivity contribution in [1.29, 1.82) is 0 Å². The van der Waals surface area contributed by atoms with Gasteiger partial charge >= 0.3 is 5.97 Å². The van der Waals surface area contributed by atoms with Crippen LogP contribution >= 0.6 is 22.9 Å². The lowest BCUT2D eigenvalue weighted by atomic mass is 10.1. The van der Waals surface area contributed by atoms with Gasteiger partial charge in [-0.1, -0.05) is 29.8 Å². The number of benzene rings is 1. The topological polar surface area (TPSA) is 66.4 Å². The van der Waals surface area contributed by atoms with Crippen molar-refractivity contribution >= 4 is 40.5 Å². The molecule has 0 fully saturated rings. The van der Waals surface area contributed by atoms with Gasteiger partial charge in [-0.25, -0.2) is 4.79 Å². The van der Waals surface area contributed by atoms with Crippen molar-refractivity contribution in [2.45, 2.75) is 19.8 Å². The van der Waals surface area contributed by atoms with E-state index in [9.17, 15) is 9.59 Å². The number of rotatable bonds is 5. The Morgan fingerprint density at radius 2 is 2.05 bits per heavy atom. The lowest BCUT2D eigenvalue weighted by molar-refractivity contribution is -0.116. The van der Waals surface area contributed by atoms with Gasteiger partial charge in [0, 0.05) is 11.4 Å². The monoisotopic (exact) mass is 323 g/mol. The molecule has 0 atom stereocenters. The Kier molecular flexibility index (Phi) is 4.98. The number of anilines is 1. The number of aryl methyl sites for hydroxylation is 2. The van der Waals surface area contributed by atoms with Crippen molar-refractivity contribution in [2.75, 3.05) is 5.32 Å². The van der Waals surface area contributed by atoms with Gasteiger partial charge in [-0.05, 0) is 35.9 Å². The van der Waals surface area contributed by atoms with Gasteiger partial charge in [-0.2, -0.15) is 0 Å². The molecule has 0 spiro atoms. The molecule has 0 unspecified atom stereocenters. The molecule has 0 aliphatic heterocycles. The van der Waals surface area contributed by atoms with Gasteiger partial charge in [-0.15, -0.1) is 11.3 Å². The predicted molar refractivity (Wildman–Crippen MR) is 84.4 cm³/mol. The molecule has 6 heteroatoms. The highest BCUT2D eigenvalue weighted by Crippen LogP contribution is 2.28. The van der Waals surface area contributed by atoms with Crippen LogP contribution in [0.3, 0.4) is 0 Å². The second-order valence-corrected chi connectivity index (χ2v) is 5.85. The molecule has 0 radical (unpaired) electrons. The molecule has 1 heterocycles. The zero-order valence-electron chi connectivity index (χ0n) is 11.4. The SMILES string of the molecule is Cc1csc(C(=O)O)c1NC(=O)CCc1ccccc1Cl. The summed E-state index contributed by atoms with van der Waals surface area (Å²) in [6.45, 7) is 1.77. The molecule has 4 nitrogen and oxygen atoms in total. The summed E-state index contributed by atoms with van der Waals surface area (Å²) in [4.78, 5) is 23.2. The maximum absolute atomic E-state index is 12.0. The molecule has 110 valence electrons. The van der Waals surface area contributed by atoms with E-state index in [0.717, 1.165) is 22.5 Å². The van der Waals surface area contributed by atoms with E-state index in [4.69, 9.17) is 16.7 Å². The fraction of sp³-hybridized carbons (Fsp3) is 0.200. The lowest BCUT2D eigenvalue weighted by Crippen LogP contribution is -2.14. The molecule has 0 aliphatic carbocycles. The highest BCUT2D eigenvalue weighted by atomic mass is 35.5. The van der Waals surface area contributed by atoms with Crippen LogP contribution in [0.25, 0.3) is 0 Å². The number of carbonyl (C=O) groups excluding carboxylic acids is 1. The first-order valence-corrected chi connectivity index (χ1v) is 7.59. The summed E-state index contributed by atoms with van der Waals surface area (Å²) in [6, 6.07) is 7.35. The highest BCUT2D eigenvalue weighted by Gasteiger charge is 2.17. The molecule has 0 saturated heterocycles. The zero-order chi connectivity index (χ0) is 15.4. The van der Waals surface area contributed by atoms with Crippen LogP contribution in [0.2, 0.25) is 5.02 Å². The highest BCUT2D eigenvalue weighted by molar-refractivity contribution is 7.12. The molecule has 1 aromatic carbocycles. The maximum Gasteiger partial charge on any atom is 0.348 e.